The van der Waals surface area contributed by atoms with Crippen LogP contribution in [-0.2, 0) is 17.1 Å². The Morgan fingerprint density at radius 2 is 1.28 bits per heavy atom. The Hall–Kier alpha value is -1.95. The average Bonchev–Trinajstić information content (AvgIpc) is 3.36. The van der Waals surface area contributed by atoms with Crippen LogP contribution in [0.5, 0.6) is 0 Å². The summed E-state index contributed by atoms with van der Waals surface area (Å²) in [6.45, 7) is 0. The SMILES string of the molecule is c1ccc(CC2(c3ccccc3)CCP3NC32c2ccccc2)cc1. The van der Waals surface area contributed by atoms with Crippen molar-refractivity contribution in [2.45, 2.75) is 23.5 Å². The molecular formula is C23H22NP. The van der Waals surface area contributed by atoms with E-state index >= 15 is 0 Å². The Labute approximate surface area is 150 Å². The van der Waals surface area contributed by atoms with Crippen LogP contribution in [0.1, 0.15) is 23.1 Å². The third kappa shape index (κ3) is 2.23. The maximum Gasteiger partial charge on any atom is 0.0904 e. The molecule has 0 saturated carbocycles. The number of hydrogen-bond acceptors (Lipinski definition) is 1. The van der Waals surface area contributed by atoms with Gasteiger partial charge in [-0.15, -0.1) is 0 Å². The van der Waals surface area contributed by atoms with E-state index in [1.54, 1.807) is 0 Å². The highest BCUT2D eigenvalue weighted by Crippen LogP contribution is 2.81. The molecule has 0 aromatic heterocycles. The minimum atomic E-state index is -0.117. The molecule has 2 aliphatic rings. The quantitative estimate of drug-likeness (QED) is 0.495. The molecule has 3 aromatic rings. The van der Waals surface area contributed by atoms with Gasteiger partial charge in [0.15, 0.2) is 0 Å². The zero-order chi connectivity index (χ0) is 16.7. The Balaban J connectivity index is 1.68. The molecule has 3 atom stereocenters. The summed E-state index contributed by atoms with van der Waals surface area (Å²) in [6.07, 6.45) is 3.67. The van der Waals surface area contributed by atoms with E-state index in [1.807, 2.05) is 0 Å². The van der Waals surface area contributed by atoms with Crippen molar-refractivity contribution in [2.24, 2.45) is 0 Å². The van der Waals surface area contributed by atoms with E-state index in [9.17, 15) is 0 Å². The number of nitrogens with one attached hydrogen (secondary N) is 1. The first-order chi connectivity index (χ1) is 12.4. The first-order valence-corrected chi connectivity index (χ1v) is 10.6. The van der Waals surface area contributed by atoms with Gasteiger partial charge in [-0.2, -0.15) is 0 Å². The smallest absolute Gasteiger partial charge is 0.0904 e. The van der Waals surface area contributed by atoms with Gasteiger partial charge in [0.2, 0.25) is 0 Å². The highest BCUT2D eigenvalue weighted by molar-refractivity contribution is 7.64. The highest BCUT2D eigenvalue weighted by Gasteiger charge is 2.71. The molecule has 0 spiro atoms. The van der Waals surface area contributed by atoms with Crippen LogP contribution in [-0.4, -0.2) is 6.16 Å². The lowest BCUT2D eigenvalue weighted by Gasteiger charge is -2.39. The summed E-state index contributed by atoms with van der Waals surface area (Å²) in [4.78, 5) is 0. The molecule has 0 radical (unpaired) electrons. The van der Waals surface area contributed by atoms with E-state index in [1.165, 1.54) is 29.3 Å². The van der Waals surface area contributed by atoms with Crippen LogP contribution in [0.25, 0.3) is 0 Å². The molecule has 5 rings (SSSR count). The predicted octanol–water partition coefficient (Wildman–Crippen LogP) is 5.42. The molecule has 3 aromatic carbocycles. The van der Waals surface area contributed by atoms with Crippen LogP contribution < -0.4 is 5.09 Å². The van der Waals surface area contributed by atoms with Crippen molar-refractivity contribution >= 4 is 8.07 Å². The molecule has 25 heavy (non-hydrogen) atoms. The average molecular weight is 343 g/mol. The van der Waals surface area contributed by atoms with Crippen molar-refractivity contribution in [3.8, 4) is 0 Å². The van der Waals surface area contributed by atoms with Gasteiger partial charge in [-0.3, -0.25) is 5.09 Å². The summed E-state index contributed by atoms with van der Waals surface area (Å²) in [5, 5.41) is 4.11. The van der Waals surface area contributed by atoms with Gasteiger partial charge in [0.05, 0.1) is 5.28 Å². The van der Waals surface area contributed by atoms with E-state index in [4.69, 9.17) is 0 Å². The fourth-order valence-electron chi connectivity index (χ4n) is 4.79. The van der Waals surface area contributed by atoms with Gasteiger partial charge in [-0.05, 0) is 43.8 Å². The summed E-state index contributed by atoms with van der Waals surface area (Å²) >= 11 is 0. The summed E-state index contributed by atoms with van der Waals surface area (Å²) in [5.41, 5.74) is 4.53. The van der Waals surface area contributed by atoms with Crippen molar-refractivity contribution in [3.05, 3.63) is 108 Å². The van der Waals surface area contributed by atoms with Crippen LogP contribution >= 0.6 is 8.07 Å². The normalized spacial score (nSPS) is 30.0. The van der Waals surface area contributed by atoms with Crippen LogP contribution in [0, 0.1) is 0 Å². The van der Waals surface area contributed by atoms with E-state index < -0.39 is 0 Å². The molecule has 0 amide bonds. The molecule has 2 saturated heterocycles. The Kier molecular flexibility index (Phi) is 3.55. The number of benzene rings is 3. The third-order valence-corrected chi connectivity index (χ3v) is 8.63. The largest absolute Gasteiger partial charge is 0.278 e. The maximum absolute atomic E-state index is 3.97. The summed E-state index contributed by atoms with van der Waals surface area (Å²) in [7, 11) is -0.117. The van der Waals surface area contributed by atoms with Gasteiger partial charge in [-0.1, -0.05) is 91.0 Å². The second-order valence-electron chi connectivity index (χ2n) is 7.20. The summed E-state index contributed by atoms with van der Waals surface area (Å²) < 4.78 is 0. The molecule has 2 heterocycles. The fraction of sp³-hybridized carbons (Fsp3) is 0.217. The molecular weight excluding hydrogens is 321 g/mol. The standard InChI is InChI=1S/C23H22NP/c1-4-10-19(11-5-1)18-22(20-12-6-2-7-13-20)16-17-25-23(22,24-25)21-14-8-3-9-15-21/h1-15,24H,16-18H2. The van der Waals surface area contributed by atoms with Crippen LogP contribution in [0.4, 0.5) is 0 Å². The highest BCUT2D eigenvalue weighted by atomic mass is 31.1. The zero-order valence-electron chi connectivity index (χ0n) is 14.2. The monoisotopic (exact) mass is 343 g/mol. The van der Waals surface area contributed by atoms with E-state index in [2.05, 4.69) is 96.1 Å². The third-order valence-electron chi connectivity index (χ3n) is 5.97. The second-order valence-corrected chi connectivity index (χ2v) is 9.40. The van der Waals surface area contributed by atoms with Crippen molar-refractivity contribution < 1.29 is 0 Å². The second kappa shape index (κ2) is 5.80. The summed E-state index contributed by atoms with van der Waals surface area (Å²) in [6, 6.07) is 33.4. The van der Waals surface area contributed by atoms with Crippen LogP contribution in [0.2, 0.25) is 0 Å². The van der Waals surface area contributed by atoms with Gasteiger partial charge < -0.3 is 0 Å². The Morgan fingerprint density at radius 3 is 1.88 bits per heavy atom. The van der Waals surface area contributed by atoms with E-state index in [0.717, 1.165) is 6.42 Å². The topological polar surface area (TPSA) is 21.9 Å². The molecule has 3 unspecified atom stereocenters. The molecule has 2 fully saturated rings. The maximum atomic E-state index is 3.97. The lowest BCUT2D eigenvalue weighted by atomic mass is 9.66. The lowest BCUT2D eigenvalue weighted by molar-refractivity contribution is 0.329. The van der Waals surface area contributed by atoms with Gasteiger partial charge in [-0.25, -0.2) is 0 Å². The van der Waals surface area contributed by atoms with Gasteiger partial charge in [0.25, 0.3) is 0 Å². The Morgan fingerprint density at radius 1 is 0.720 bits per heavy atom. The molecule has 0 bridgehead atoms. The Bertz CT molecular complexity index is 864. The zero-order valence-corrected chi connectivity index (χ0v) is 15.1. The molecule has 1 N–H and O–H groups in total. The minimum absolute atomic E-state index is 0.117. The van der Waals surface area contributed by atoms with E-state index in [-0.39, 0.29) is 18.8 Å². The molecule has 2 heteroatoms. The van der Waals surface area contributed by atoms with Crippen LogP contribution in [0.3, 0.4) is 0 Å². The number of hydrogen-bond donors (Lipinski definition) is 1. The van der Waals surface area contributed by atoms with Gasteiger partial charge in [0, 0.05) is 5.41 Å². The molecule has 1 nitrogen and oxygen atoms in total. The fourth-order valence-corrected chi connectivity index (χ4v) is 8.04. The first kappa shape index (κ1) is 15.3. The number of fused-ring (bicyclic) bond motifs is 1. The number of rotatable bonds is 4. The van der Waals surface area contributed by atoms with Crippen molar-refractivity contribution in [3.63, 3.8) is 0 Å². The van der Waals surface area contributed by atoms with Crippen molar-refractivity contribution in [1.82, 2.24) is 5.09 Å². The van der Waals surface area contributed by atoms with Crippen molar-refractivity contribution in [2.75, 3.05) is 6.16 Å². The first-order valence-electron chi connectivity index (χ1n) is 9.06. The van der Waals surface area contributed by atoms with E-state index in [0.29, 0.717) is 0 Å². The van der Waals surface area contributed by atoms with Crippen LogP contribution in [0.15, 0.2) is 91.0 Å². The van der Waals surface area contributed by atoms with Gasteiger partial charge in [0.1, 0.15) is 0 Å². The predicted molar refractivity (Wildman–Crippen MR) is 106 cm³/mol. The van der Waals surface area contributed by atoms with Crippen molar-refractivity contribution in [1.29, 1.82) is 0 Å². The molecule has 2 aliphatic heterocycles. The lowest BCUT2D eigenvalue weighted by Crippen LogP contribution is -2.42. The molecule has 0 aliphatic carbocycles. The van der Waals surface area contributed by atoms with Gasteiger partial charge >= 0.3 is 0 Å². The minimum Gasteiger partial charge on any atom is -0.278 e. The molecule has 124 valence electrons. The summed E-state index contributed by atoms with van der Waals surface area (Å²) in [5.74, 6) is 0.